The number of ether oxygens (including phenoxy) is 2. The maximum Gasteiger partial charge on any atom is 0.341 e. The molecule has 31 heavy (non-hydrogen) atoms. The van der Waals surface area contributed by atoms with Gasteiger partial charge in [0, 0.05) is 16.9 Å². The van der Waals surface area contributed by atoms with Crippen molar-refractivity contribution in [3.8, 4) is 5.75 Å². The first-order chi connectivity index (χ1) is 15.1. The summed E-state index contributed by atoms with van der Waals surface area (Å²) in [5.74, 6) is -0.00233. The maximum atomic E-state index is 12.8. The summed E-state index contributed by atoms with van der Waals surface area (Å²) in [4.78, 5) is 26.3. The zero-order chi connectivity index (χ0) is 21.8. The van der Waals surface area contributed by atoms with Gasteiger partial charge >= 0.3 is 5.97 Å². The first kappa shape index (κ1) is 21.6. The number of carbonyl (C=O) groups is 2. The minimum absolute atomic E-state index is 0.276. The largest absolute Gasteiger partial charge is 0.492 e. The summed E-state index contributed by atoms with van der Waals surface area (Å²) in [6.45, 7) is 0.539. The van der Waals surface area contributed by atoms with Crippen molar-refractivity contribution in [1.82, 2.24) is 0 Å². The highest BCUT2D eigenvalue weighted by Crippen LogP contribution is 2.39. The molecule has 2 aromatic carbocycles. The third-order valence-electron chi connectivity index (χ3n) is 5.22. The van der Waals surface area contributed by atoms with Gasteiger partial charge in [0.1, 0.15) is 10.8 Å². The van der Waals surface area contributed by atoms with Gasteiger partial charge in [-0.3, -0.25) is 4.79 Å². The van der Waals surface area contributed by atoms with E-state index in [1.165, 1.54) is 24.0 Å². The molecule has 0 spiro atoms. The van der Waals surface area contributed by atoms with Crippen LogP contribution in [-0.4, -0.2) is 25.6 Å². The SMILES string of the molecule is COC(=O)c1c(NC(=O)c2ccc(OCCc3ccccc3)c(Br)c2)sc2c1CCC2. The number of aryl methyl sites for hydroxylation is 1. The number of hydrogen-bond acceptors (Lipinski definition) is 5. The molecule has 1 aliphatic rings. The molecule has 0 saturated heterocycles. The van der Waals surface area contributed by atoms with Crippen LogP contribution in [0.25, 0.3) is 0 Å². The number of esters is 1. The number of rotatable bonds is 7. The highest BCUT2D eigenvalue weighted by molar-refractivity contribution is 9.10. The predicted molar refractivity (Wildman–Crippen MR) is 125 cm³/mol. The fourth-order valence-electron chi connectivity index (χ4n) is 3.67. The lowest BCUT2D eigenvalue weighted by atomic mass is 10.1. The van der Waals surface area contributed by atoms with Crippen LogP contribution in [-0.2, 0) is 24.0 Å². The van der Waals surface area contributed by atoms with E-state index in [1.807, 2.05) is 18.2 Å². The molecule has 0 saturated carbocycles. The molecule has 4 rings (SSSR count). The monoisotopic (exact) mass is 499 g/mol. The van der Waals surface area contributed by atoms with Crippen molar-refractivity contribution < 1.29 is 19.1 Å². The Hall–Kier alpha value is -2.64. The number of anilines is 1. The van der Waals surface area contributed by atoms with Crippen LogP contribution in [0.3, 0.4) is 0 Å². The first-order valence-electron chi connectivity index (χ1n) is 10.1. The van der Waals surface area contributed by atoms with Gasteiger partial charge in [0.15, 0.2) is 0 Å². The van der Waals surface area contributed by atoms with Crippen LogP contribution in [0.4, 0.5) is 5.00 Å². The van der Waals surface area contributed by atoms with Crippen molar-refractivity contribution in [3.05, 3.63) is 80.1 Å². The summed E-state index contributed by atoms with van der Waals surface area (Å²) in [5, 5.41) is 3.46. The zero-order valence-corrected chi connectivity index (χ0v) is 19.5. The molecule has 0 unspecified atom stereocenters. The Morgan fingerprint density at radius 3 is 2.68 bits per heavy atom. The average molecular weight is 500 g/mol. The highest BCUT2D eigenvalue weighted by Gasteiger charge is 2.28. The molecule has 0 atom stereocenters. The number of hydrogen-bond donors (Lipinski definition) is 1. The molecular formula is C24H22BrNO4S. The Morgan fingerprint density at radius 1 is 1.13 bits per heavy atom. The van der Waals surface area contributed by atoms with Gasteiger partial charge < -0.3 is 14.8 Å². The van der Waals surface area contributed by atoms with Gasteiger partial charge in [0.05, 0.1) is 23.8 Å². The van der Waals surface area contributed by atoms with E-state index in [2.05, 4.69) is 33.4 Å². The minimum Gasteiger partial charge on any atom is -0.492 e. The molecule has 1 heterocycles. The van der Waals surface area contributed by atoms with Gasteiger partial charge in [0.25, 0.3) is 5.91 Å². The molecular weight excluding hydrogens is 478 g/mol. The number of halogens is 1. The molecule has 0 bridgehead atoms. The van der Waals surface area contributed by atoms with Gasteiger partial charge in [0.2, 0.25) is 0 Å². The molecule has 1 amide bonds. The van der Waals surface area contributed by atoms with Crippen LogP contribution in [0.1, 0.15) is 43.1 Å². The minimum atomic E-state index is -0.405. The van der Waals surface area contributed by atoms with E-state index in [0.29, 0.717) is 33.0 Å². The van der Waals surface area contributed by atoms with Gasteiger partial charge in [-0.15, -0.1) is 11.3 Å². The van der Waals surface area contributed by atoms with Gasteiger partial charge in [-0.25, -0.2) is 4.79 Å². The molecule has 0 radical (unpaired) electrons. The second kappa shape index (κ2) is 9.66. The molecule has 7 heteroatoms. The van der Waals surface area contributed by atoms with Crippen LogP contribution < -0.4 is 10.1 Å². The van der Waals surface area contributed by atoms with E-state index in [1.54, 1.807) is 18.2 Å². The summed E-state index contributed by atoms with van der Waals surface area (Å²) in [6, 6.07) is 15.4. The Morgan fingerprint density at radius 2 is 1.94 bits per heavy atom. The third kappa shape index (κ3) is 4.83. The van der Waals surface area contributed by atoms with E-state index in [4.69, 9.17) is 9.47 Å². The van der Waals surface area contributed by atoms with E-state index in [0.717, 1.165) is 36.1 Å². The smallest absolute Gasteiger partial charge is 0.341 e. The van der Waals surface area contributed by atoms with E-state index >= 15 is 0 Å². The zero-order valence-electron chi connectivity index (χ0n) is 17.1. The van der Waals surface area contributed by atoms with Crippen molar-refractivity contribution in [2.24, 2.45) is 0 Å². The second-order valence-electron chi connectivity index (χ2n) is 7.24. The van der Waals surface area contributed by atoms with Crippen molar-refractivity contribution in [2.75, 3.05) is 19.0 Å². The Balaban J connectivity index is 1.44. The number of thiophene rings is 1. The second-order valence-corrected chi connectivity index (χ2v) is 9.20. The van der Waals surface area contributed by atoms with Gasteiger partial charge in [-0.05, 0) is 64.5 Å². The highest BCUT2D eigenvalue weighted by atomic mass is 79.9. The number of carbonyl (C=O) groups excluding carboxylic acids is 2. The molecule has 5 nitrogen and oxygen atoms in total. The van der Waals surface area contributed by atoms with E-state index < -0.39 is 5.97 Å². The molecule has 1 N–H and O–H groups in total. The van der Waals surface area contributed by atoms with E-state index in [9.17, 15) is 9.59 Å². The lowest BCUT2D eigenvalue weighted by molar-refractivity contribution is 0.0601. The van der Waals surface area contributed by atoms with Crippen LogP contribution in [0.5, 0.6) is 5.75 Å². The summed E-state index contributed by atoms with van der Waals surface area (Å²) >= 11 is 4.96. The van der Waals surface area contributed by atoms with Gasteiger partial charge in [-0.1, -0.05) is 30.3 Å². The lowest BCUT2D eigenvalue weighted by Crippen LogP contribution is -2.14. The predicted octanol–water partition coefficient (Wildman–Crippen LogP) is 5.66. The number of amides is 1. The summed E-state index contributed by atoms with van der Waals surface area (Å²) in [7, 11) is 1.36. The fraction of sp³-hybridized carbons (Fsp3) is 0.250. The normalized spacial score (nSPS) is 12.3. The van der Waals surface area contributed by atoms with Crippen LogP contribution in [0.15, 0.2) is 53.0 Å². The Kier molecular flexibility index (Phi) is 6.73. The summed E-state index contributed by atoms with van der Waals surface area (Å²) in [6.07, 6.45) is 3.60. The standard InChI is InChI=1S/C24H22BrNO4S/c1-29-24(28)21-17-8-5-9-20(17)31-23(21)26-22(27)16-10-11-19(18(25)14-16)30-13-12-15-6-3-2-4-7-15/h2-4,6-7,10-11,14H,5,8-9,12-13H2,1H3,(H,26,27). The maximum absolute atomic E-state index is 12.8. The van der Waals surface area contributed by atoms with Gasteiger partial charge in [-0.2, -0.15) is 0 Å². The van der Waals surface area contributed by atoms with E-state index in [-0.39, 0.29) is 5.91 Å². The van der Waals surface area contributed by atoms with Crippen molar-refractivity contribution in [1.29, 1.82) is 0 Å². The van der Waals surface area contributed by atoms with Crippen molar-refractivity contribution >= 4 is 44.1 Å². The third-order valence-corrected chi connectivity index (χ3v) is 7.05. The Bertz CT molecular complexity index is 1110. The topological polar surface area (TPSA) is 64.6 Å². The quantitative estimate of drug-likeness (QED) is 0.426. The molecule has 1 aromatic heterocycles. The molecule has 0 aliphatic heterocycles. The van der Waals surface area contributed by atoms with Crippen LogP contribution >= 0.6 is 27.3 Å². The van der Waals surface area contributed by atoms with Crippen LogP contribution in [0.2, 0.25) is 0 Å². The molecule has 0 fully saturated rings. The van der Waals surface area contributed by atoms with Crippen molar-refractivity contribution in [2.45, 2.75) is 25.7 Å². The first-order valence-corrected chi connectivity index (χ1v) is 11.7. The number of methoxy groups -OCH3 is 1. The summed E-state index contributed by atoms with van der Waals surface area (Å²) in [5.41, 5.74) is 3.19. The average Bonchev–Trinajstić information content (AvgIpc) is 3.36. The molecule has 1 aliphatic carbocycles. The van der Waals surface area contributed by atoms with Crippen LogP contribution in [0, 0.1) is 0 Å². The number of fused-ring (bicyclic) bond motifs is 1. The Labute approximate surface area is 193 Å². The lowest BCUT2D eigenvalue weighted by Gasteiger charge is -2.11. The van der Waals surface area contributed by atoms with Crippen molar-refractivity contribution in [3.63, 3.8) is 0 Å². The number of nitrogens with one attached hydrogen (secondary N) is 1. The fourth-order valence-corrected chi connectivity index (χ4v) is 5.43. The number of benzene rings is 2. The summed E-state index contributed by atoms with van der Waals surface area (Å²) < 4.78 is 11.5. The molecule has 3 aromatic rings. The molecule has 160 valence electrons.